The molecule has 0 radical (unpaired) electrons. The molecule has 138 valence electrons. The quantitative estimate of drug-likeness (QED) is 0.726. The van der Waals surface area contributed by atoms with Crippen LogP contribution in [0.2, 0.25) is 0 Å². The molecule has 1 aliphatic rings. The number of carbonyl (C=O) groups excluding carboxylic acids is 1. The van der Waals surface area contributed by atoms with E-state index in [1.165, 1.54) is 22.5 Å². The second-order valence-electron chi connectivity index (χ2n) is 6.65. The minimum absolute atomic E-state index is 0.0176. The number of thiazole rings is 1. The molecule has 2 heterocycles. The minimum atomic E-state index is -0.0176. The number of rotatable bonds is 4. The first kappa shape index (κ1) is 17.5. The number of nitrogens with one attached hydrogen (secondary N) is 1. The predicted octanol–water partition coefficient (Wildman–Crippen LogP) is 4.48. The van der Waals surface area contributed by atoms with Crippen LogP contribution >= 0.6 is 11.3 Å². The van der Waals surface area contributed by atoms with Gasteiger partial charge in [0.1, 0.15) is 11.4 Å². The van der Waals surface area contributed by atoms with Crippen LogP contribution in [0.3, 0.4) is 0 Å². The fraction of sp³-hybridized carbons (Fsp3) is 0.238. The van der Waals surface area contributed by atoms with E-state index in [4.69, 9.17) is 4.74 Å². The largest absolute Gasteiger partial charge is 0.497 e. The van der Waals surface area contributed by atoms with Crippen LogP contribution in [0.25, 0.3) is 0 Å². The van der Waals surface area contributed by atoms with Crippen molar-refractivity contribution in [3.63, 3.8) is 0 Å². The normalized spacial score (nSPS) is 15.9. The minimum Gasteiger partial charge on any atom is -0.497 e. The van der Waals surface area contributed by atoms with Crippen molar-refractivity contribution in [2.75, 3.05) is 12.4 Å². The zero-order chi connectivity index (χ0) is 18.8. The third-order valence-electron chi connectivity index (χ3n) is 4.83. The molecule has 1 amide bonds. The first-order chi connectivity index (χ1) is 13.1. The fourth-order valence-corrected chi connectivity index (χ4v) is 4.03. The van der Waals surface area contributed by atoms with Crippen molar-refractivity contribution in [3.05, 3.63) is 70.7 Å². The number of benzene rings is 2. The van der Waals surface area contributed by atoms with Crippen molar-refractivity contribution in [2.24, 2.45) is 0 Å². The zero-order valence-corrected chi connectivity index (χ0v) is 16.1. The van der Waals surface area contributed by atoms with Crippen LogP contribution in [-0.4, -0.2) is 28.9 Å². The van der Waals surface area contributed by atoms with Gasteiger partial charge in [0.15, 0.2) is 5.13 Å². The summed E-state index contributed by atoms with van der Waals surface area (Å²) in [5, 5.41) is 5.76. The van der Waals surface area contributed by atoms with Gasteiger partial charge < -0.3 is 15.0 Å². The molecule has 1 aromatic heterocycles. The number of aromatic nitrogens is 1. The summed E-state index contributed by atoms with van der Waals surface area (Å²) in [5.41, 5.74) is 3.94. The lowest BCUT2D eigenvalue weighted by atomic mass is 9.95. The molecule has 0 spiro atoms. The second kappa shape index (κ2) is 7.40. The SMILES string of the molecule is COc1ccc(Nc2nc(C(=O)N3Cc4ccccc4CC3C)cs2)cc1. The third-order valence-corrected chi connectivity index (χ3v) is 5.59. The van der Waals surface area contributed by atoms with Gasteiger partial charge >= 0.3 is 0 Å². The van der Waals surface area contributed by atoms with E-state index in [9.17, 15) is 4.79 Å². The molecular formula is C21H21N3O2S. The average Bonchev–Trinajstić information content (AvgIpc) is 3.16. The molecule has 0 fully saturated rings. The average molecular weight is 379 g/mol. The van der Waals surface area contributed by atoms with Gasteiger partial charge in [0, 0.05) is 23.7 Å². The van der Waals surface area contributed by atoms with Crippen molar-refractivity contribution in [3.8, 4) is 5.75 Å². The Kier molecular flexibility index (Phi) is 4.81. The molecule has 1 aliphatic heterocycles. The summed E-state index contributed by atoms with van der Waals surface area (Å²) in [6.45, 7) is 2.73. The van der Waals surface area contributed by atoms with Crippen LogP contribution < -0.4 is 10.1 Å². The Balaban J connectivity index is 1.48. The molecule has 3 aromatic rings. The summed E-state index contributed by atoms with van der Waals surface area (Å²) in [6.07, 6.45) is 0.878. The van der Waals surface area contributed by atoms with Crippen molar-refractivity contribution < 1.29 is 9.53 Å². The molecule has 5 nitrogen and oxygen atoms in total. The van der Waals surface area contributed by atoms with Crippen LogP contribution in [-0.2, 0) is 13.0 Å². The van der Waals surface area contributed by atoms with Gasteiger partial charge in [-0.25, -0.2) is 4.98 Å². The Hall–Kier alpha value is -2.86. The van der Waals surface area contributed by atoms with E-state index in [1.807, 2.05) is 40.6 Å². The number of ether oxygens (including phenoxy) is 1. The molecule has 0 bridgehead atoms. The van der Waals surface area contributed by atoms with Crippen LogP contribution in [0.1, 0.15) is 28.5 Å². The Morgan fingerprint density at radius 3 is 2.67 bits per heavy atom. The van der Waals surface area contributed by atoms with E-state index in [2.05, 4.69) is 35.4 Å². The Bertz CT molecular complexity index is 952. The van der Waals surface area contributed by atoms with Crippen LogP contribution in [0.4, 0.5) is 10.8 Å². The molecule has 4 rings (SSSR count). The van der Waals surface area contributed by atoms with Gasteiger partial charge in [-0.1, -0.05) is 24.3 Å². The van der Waals surface area contributed by atoms with Gasteiger partial charge in [0.05, 0.1) is 7.11 Å². The maximum atomic E-state index is 13.0. The molecule has 6 heteroatoms. The van der Waals surface area contributed by atoms with Gasteiger partial charge in [0.25, 0.3) is 5.91 Å². The highest BCUT2D eigenvalue weighted by Crippen LogP contribution is 2.27. The predicted molar refractivity (Wildman–Crippen MR) is 108 cm³/mol. The lowest BCUT2D eigenvalue weighted by molar-refractivity contribution is 0.0653. The summed E-state index contributed by atoms with van der Waals surface area (Å²) in [4.78, 5) is 19.4. The summed E-state index contributed by atoms with van der Waals surface area (Å²) in [6, 6.07) is 16.1. The Labute approximate surface area is 162 Å². The molecule has 0 saturated carbocycles. The van der Waals surface area contributed by atoms with Crippen molar-refractivity contribution >= 4 is 28.1 Å². The van der Waals surface area contributed by atoms with Gasteiger partial charge in [-0.15, -0.1) is 11.3 Å². The van der Waals surface area contributed by atoms with Crippen molar-refractivity contribution in [1.82, 2.24) is 9.88 Å². The van der Waals surface area contributed by atoms with Gasteiger partial charge in [0.2, 0.25) is 0 Å². The van der Waals surface area contributed by atoms with E-state index in [-0.39, 0.29) is 11.9 Å². The molecule has 0 saturated heterocycles. The Morgan fingerprint density at radius 2 is 1.93 bits per heavy atom. The summed E-state index contributed by atoms with van der Waals surface area (Å²) >= 11 is 1.43. The molecule has 1 N–H and O–H groups in total. The van der Waals surface area contributed by atoms with E-state index < -0.39 is 0 Å². The fourth-order valence-electron chi connectivity index (χ4n) is 3.33. The number of hydrogen-bond acceptors (Lipinski definition) is 5. The molecule has 1 unspecified atom stereocenters. The van der Waals surface area contributed by atoms with Crippen molar-refractivity contribution in [2.45, 2.75) is 25.9 Å². The lowest BCUT2D eigenvalue weighted by Crippen LogP contribution is -2.42. The van der Waals surface area contributed by atoms with Gasteiger partial charge in [-0.3, -0.25) is 4.79 Å². The third kappa shape index (κ3) is 3.66. The standard InChI is InChI=1S/C21H21N3O2S/c1-14-11-15-5-3-4-6-16(15)12-24(14)20(25)19-13-27-21(23-19)22-17-7-9-18(26-2)10-8-17/h3-10,13-14H,11-12H2,1-2H3,(H,22,23). The maximum absolute atomic E-state index is 13.0. The van der Waals surface area contributed by atoms with E-state index in [1.54, 1.807) is 7.11 Å². The summed E-state index contributed by atoms with van der Waals surface area (Å²) in [5.74, 6) is 0.783. The highest BCUT2D eigenvalue weighted by atomic mass is 32.1. The first-order valence-corrected chi connectivity index (χ1v) is 9.76. The molecule has 2 aromatic carbocycles. The van der Waals surface area contributed by atoms with Crippen LogP contribution in [0, 0.1) is 0 Å². The van der Waals surface area contributed by atoms with E-state index in [0.717, 1.165) is 17.9 Å². The van der Waals surface area contributed by atoms with E-state index in [0.29, 0.717) is 17.4 Å². The molecule has 0 aliphatic carbocycles. The first-order valence-electron chi connectivity index (χ1n) is 8.88. The molecule has 27 heavy (non-hydrogen) atoms. The van der Waals surface area contributed by atoms with Crippen molar-refractivity contribution in [1.29, 1.82) is 0 Å². The van der Waals surface area contributed by atoms with Crippen LogP contribution in [0.15, 0.2) is 53.9 Å². The number of hydrogen-bond donors (Lipinski definition) is 1. The molecule has 1 atom stereocenters. The topological polar surface area (TPSA) is 54.5 Å². The zero-order valence-electron chi connectivity index (χ0n) is 15.3. The number of carbonyl (C=O) groups is 1. The van der Waals surface area contributed by atoms with Crippen LogP contribution in [0.5, 0.6) is 5.75 Å². The highest BCUT2D eigenvalue weighted by molar-refractivity contribution is 7.14. The van der Waals surface area contributed by atoms with Gasteiger partial charge in [-0.05, 0) is 48.7 Å². The molecular weight excluding hydrogens is 358 g/mol. The lowest BCUT2D eigenvalue weighted by Gasteiger charge is -2.34. The second-order valence-corrected chi connectivity index (χ2v) is 7.50. The number of amides is 1. The number of nitrogens with zero attached hydrogens (tertiary/aromatic N) is 2. The van der Waals surface area contributed by atoms with E-state index >= 15 is 0 Å². The maximum Gasteiger partial charge on any atom is 0.273 e. The Morgan fingerprint density at radius 1 is 1.19 bits per heavy atom. The number of fused-ring (bicyclic) bond motifs is 1. The highest BCUT2D eigenvalue weighted by Gasteiger charge is 2.28. The number of anilines is 2. The number of methoxy groups -OCH3 is 1. The smallest absolute Gasteiger partial charge is 0.273 e. The summed E-state index contributed by atoms with van der Waals surface area (Å²) in [7, 11) is 1.64. The monoisotopic (exact) mass is 379 g/mol. The summed E-state index contributed by atoms with van der Waals surface area (Å²) < 4.78 is 5.17. The van der Waals surface area contributed by atoms with Gasteiger partial charge in [-0.2, -0.15) is 0 Å².